The average molecular weight is 328 g/mol. The molecule has 2 aromatic rings. The number of rotatable bonds is 8. The van der Waals surface area contributed by atoms with Crippen molar-refractivity contribution in [3.63, 3.8) is 0 Å². The molecule has 0 aliphatic heterocycles. The van der Waals surface area contributed by atoms with Gasteiger partial charge in [0.2, 0.25) is 5.88 Å². The van der Waals surface area contributed by atoms with Gasteiger partial charge in [0.15, 0.2) is 5.96 Å². The Labute approximate surface area is 142 Å². The minimum Gasteiger partial charge on any atom is -0.478 e. The molecule has 1 aromatic heterocycles. The van der Waals surface area contributed by atoms with Gasteiger partial charge in [-0.05, 0) is 18.1 Å². The summed E-state index contributed by atoms with van der Waals surface area (Å²) in [6.07, 6.45) is 2.71. The third kappa shape index (κ3) is 5.55. The number of aliphatic imine (C=N–C) groups is 1. The first kappa shape index (κ1) is 17.7. The molecule has 0 aliphatic rings. The van der Waals surface area contributed by atoms with Gasteiger partial charge in [-0.15, -0.1) is 0 Å². The number of nitrogens with two attached hydrogens (primary N) is 1. The summed E-state index contributed by atoms with van der Waals surface area (Å²) in [6, 6.07) is 11.6. The van der Waals surface area contributed by atoms with Gasteiger partial charge in [-0.3, -0.25) is 0 Å². The molecule has 2 rings (SSSR count). The standard InChI is InChI=1S/C18H24N4O2/c1-3-10-24-17-9-8-14(11-20-17)12-21-18(19)22-16-7-5-4-6-15(16)13-23-2/h4-9,11H,3,10,12-13H2,1-2H3,(H3,19,21,22). The topological polar surface area (TPSA) is 81.8 Å². The molecule has 0 unspecified atom stereocenters. The molecule has 0 radical (unpaired) electrons. The van der Waals surface area contributed by atoms with Crippen LogP contribution in [-0.4, -0.2) is 24.7 Å². The highest BCUT2D eigenvalue weighted by atomic mass is 16.5. The summed E-state index contributed by atoms with van der Waals surface area (Å²) >= 11 is 0. The Hall–Kier alpha value is -2.60. The highest BCUT2D eigenvalue weighted by molar-refractivity contribution is 5.92. The molecule has 6 heteroatoms. The minimum absolute atomic E-state index is 0.352. The van der Waals surface area contributed by atoms with Crippen LogP contribution in [0, 0.1) is 0 Å². The molecule has 0 fully saturated rings. The van der Waals surface area contributed by atoms with Crippen LogP contribution in [0.4, 0.5) is 5.69 Å². The molecule has 128 valence electrons. The minimum atomic E-state index is 0.352. The van der Waals surface area contributed by atoms with E-state index in [1.54, 1.807) is 13.3 Å². The Morgan fingerprint density at radius 1 is 1.25 bits per heavy atom. The summed E-state index contributed by atoms with van der Waals surface area (Å²) in [5, 5.41) is 3.11. The van der Waals surface area contributed by atoms with E-state index >= 15 is 0 Å². The average Bonchev–Trinajstić information content (AvgIpc) is 2.61. The molecule has 0 saturated heterocycles. The summed E-state index contributed by atoms with van der Waals surface area (Å²) in [4.78, 5) is 8.59. The zero-order valence-corrected chi connectivity index (χ0v) is 14.2. The van der Waals surface area contributed by atoms with Crippen LogP contribution in [0.25, 0.3) is 0 Å². The molecule has 0 spiro atoms. The van der Waals surface area contributed by atoms with E-state index in [1.807, 2.05) is 36.4 Å². The quantitative estimate of drug-likeness (QED) is 0.575. The van der Waals surface area contributed by atoms with Crippen molar-refractivity contribution in [2.75, 3.05) is 19.0 Å². The highest BCUT2D eigenvalue weighted by Gasteiger charge is 2.02. The zero-order chi connectivity index (χ0) is 17.2. The lowest BCUT2D eigenvalue weighted by Crippen LogP contribution is -2.23. The first-order valence-corrected chi connectivity index (χ1v) is 7.94. The normalized spacial score (nSPS) is 11.3. The van der Waals surface area contributed by atoms with Crippen molar-refractivity contribution in [3.05, 3.63) is 53.7 Å². The lowest BCUT2D eigenvalue weighted by atomic mass is 10.2. The zero-order valence-electron chi connectivity index (χ0n) is 14.2. The maximum absolute atomic E-state index is 5.97. The number of hydrogen-bond donors (Lipinski definition) is 2. The Morgan fingerprint density at radius 2 is 2.08 bits per heavy atom. The number of anilines is 1. The van der Waals surface area contributed by atoms with E-state index in [0.29, 0.717) is 31.6 Å². The lowest BCUT2D eigenvalue weighted by molar-refractivity contribution is 0.185. The first-order chi connectivity index (χ1) is 11.7. The Balaban J connectivity index is 1.94. The molecule has 0 atom stereocenters. The second-order valence-corrected chi connectivity index (χ2v) is 5.27. The van der Waals surface area contributed by atoms with Crippen LogP contribution < -0.4 is 15.8 Å². The molecule has 0 saturated carbocycles. The number of pyridine rings is 1. The SMILES string of the molecule is CCCOc1ccc(CN=C(N)Nc2ccccc2COC)cn1. The molecule has 6 nitrogen and oxygen atoms in total. The molecular weight excluding hydrogens is 304 g/mol. The smallest absolute Gasteiger partial charge is 0.213 e. The molecule has 0 bridgehead atoms. The van der Waals surface area contributed by atoms with E-state index < -0.39 is 0 Å². The molecule has 3 N–H and O–H groups in total. The van der Waals surface area contributed by atoms with Crippen LogP contribution in [0.15, 0.2) is 47.6 Å². The van der Waals surface area contributed by atoms with Crippen LogP contribution in [0.3, 0.4) is 0 Å². The van der Waals surface area contributed by atoms with Gasteiger partial charge in [0, 0.05) is 30.6 Å². The lowest BCUT2D eigenvalue weighted by Gasteiger charge is -2.10. The van der Waals surface area contributed by atoms with Gasteiger partial charge in [0.05, 0.1) is 19.8 Å². The van der Waals surface area contributed by atoms with E-state index in [4.69, 9.17) is 15.2 Å². The van der Waals surface area contributed by atoms with E-state index in [1.165, 1.54) is 0 Å². The summed E-state index contributed by atoms with van der Waals surface area (Å²) in [6.45, 7) is 3.69. The van der Waals surface area contributed by atoms with E-state index in [2.05, 4.69) is 22.2 Å². The fourth-order valence-corrected chi connectivity index (χ4v) is 2.07. The highest BCUT2D eigenvalue weighted by Crippen LogP contribution is 2.15. The van der Waals surface area contributed by atoms with E-state index in [-0.39, 0.29) is 0 Å². The second kappa shape index (κ2) is 9.52. The van der Waals surface area contributed by atoms with Gasteiger partial charge in [-0.2, -0.15) is 0 Å². The summed E-state index contributed by atoms with van der Waals surface area (Å²) in [5.41, 5.74) is 8.85. The van der Waals surface area contributed by atoms with Crippen molar-refractivity contribution >= 4 is 11.6 Å². The fraction of sp³-hybridized carbons (Fsp3) is 0.333. The van der Waals surface area contributed by atoms with Crippen molar-refractivity contribution < 1.29 is 9.47 Å². The monoisotopic (exact) mass is 328 g/mol. The van der Waals surface area contributed by atoms with Gasteiger partial charge < -0.3 is 20.5 Å². The van der Waals surface area contributed by atoms with Crippen LogP contribution in [0.1, 0.15) is 24.5 Å². The van der Waals surface area contributed by atoms with Gasteiger partial charge in [-0.25, -0.2) is 9.98 Å². The van der Waals surface area contributed by atoms with Crippen LogP contribution in [0.2, 0.25) is 0 Å². The largest absolute Gasteiger partial charge is 0.478 e. The third-order valence-electron chi connectivity index (χ3n) is 3.26. The van der Waals surface area contributed by atoms with Crippen molar-refractivity contribution in [1.29, 1.82) is 0 Å². The van der Waals surface area contributed by atoms with Crippen molar-refractivity contribution in [1.82, 2.24) is 4.98 Å². The number of aromatic nitrogens is 1. The van der Waals surface area contributed by atoms with Crippen molar-refractivity contribution in [3.8, 4) is 5.88 Å². The molecule has 1 heterocycles. The number of nitrogens with one attached hydrogen (secondary N) is 1. The number of para-hydroxylation sites is 1. The first-order valence-electron chi connectivity index (χ1n) is 7.94. The third-order valence-corrected chi connectivity index (χ3v) is 3.26. The van der Waals surface area contributed by atoms with Crippen LogP contribution in [-0.2, 0) is 17.9 Å². The number of nitrogens with zero attached hydrogens (tertiary/aromatic N) is 2. The predicted molar refractivity (Wildman–Crippen MR) is 96.1 cm³/mol. The van der Waals surface area contributed by atoms with Gasteiger partial charge in [-0.1, -0.05) is 31.2 Å². The number of guanidine groups is 1. The van der Waals surface area contributed by atoms with Gasteiger partial charge in [0.25, 0.3) is 0 Å². The Morgan fingerprint density at radius 3 is 2.79 bits per heavy atom. The summed E-state index contributed by atoms with van der Waals surface area (Å²) < 4.78 is 10.6. The Bertz CT molecular complexity index is 656. The van der Waals surface area contributed by atoms with Crippen LogP contribution in [0.5, 0.6) is 5.88 Å². The number of benzene rings is 1. The van der Waals surface area contributed by atoms with Crippen LogP contribution >= 0.6 is 0 Å². The summed E-state index contributed by atoms with van der Waals surface area (Å²) in [5.74, 6) is 0.981. The number of ether oxygens (including phenoxy) is 2. The summed E-state index contributed by atoms with van der Waals surface area (Å²) in [7, 11) is 1.66. The molecular formula is C18H24N4O2. The van der Waals surface area contributed by atoms with Crippen molar-refractivity contribution in [2.45, 2.75) is 26.5 Å². The second-order valence-electron chi connectivity index (χ2n) is 5.27. The number of hydrogen-bond acceptors (Lipinski definition) is 4. The van der Waals surface area contributed by atoms with Gasteiger partial charge in [0.1, 0.15) is 0 Å². The molecule has 24 heavy (non-hydrogen) atoms. The van der Waals surface area contributed by atoms with Gasteiger partial charge >= 0.3 is 0 Å². The molecule has 0 aliphatic carbocycles. The van der Waals surface area contributed by atoms with E-state index in [9.17, 15) is 0 Å². The fourth-order valence-electron chi connectivity index (χ4n) is 2.07. The molecule has 0 amide bonds. The molecule has 1 aromatic carbocycles. The predicted octanol–water partition coefficient (Wildman–Crippen LogP) is 2.94. The van der Waals surface area contributed by atoms with E-state index in [0.717, 1.165) is 23.2 Å². The maximum Gasteiger partial charge on any atom is 0.213 e. The Kier molecular flexibility index (Phi) is 7.04. The maximum atomic E-state index is 5.97. The van der Waals surface area contributed by atoms with Crippen molar-refractivity contribution in [2.24, 2.45) is 10.7 Å². The number of methoxy groups -OCH3 is 1.